The first-order chi connectivity index (χ1) is 7.77. The number of nitrogens with one attached hydrogen (secondary N) is 1. The number of anilines is 1. The third-order valence-electron chi connectivity index (χ3n) is 2.06. The van der Waals surface area contributed by atoms with Crippen molar-refractivity contribution in [2.45, 2.75) is 6.54 Å². The second kappa shape index (κ2) is 4.90. The van der Waals surface area contributed by atoms with E-state index in [4.69, 9.17) is 11.6 Å². The number of benzene rings is 1. The molecule has 0 bridgehead atoms. The highest BCUT2D eigenvalue weighted by Gasteiger charge is 2.03. The van der Waals surface area contributed by atoms with Crippen LogP contribution in [0.2, 0.25) is 5.15 Å². The maximum atomic E-state index is 13.3. The zero-order valence-electron chi connectivity index (χ0n) is 8.32. The molecule has 1 heterocycles. The van der Waals surface area contributed by atoms with E-state index in [1.165, 1.54) is 18.5 Å². The van der Waals surface area contributed by atoms with Crippen molar-refractivity contribution >= 4 is 17.4 Å². The van der Waals surface area contributed by atoms with Gasteiger partial charge in [0.25, 0.3) is 0 Å². The maximum Gasteiger partial charge on any atom is 0.171 e. The molecule has 0 aliphatic rings. The Morgan fingerprint density at radius 1 is 1.19 bits per heavy atom. The summed E-state index contributed by atoms with van der Waals surface area (Å²) in [5, 5.41) is 3.20. The highest BCUT2D eigenvalue weighted by atomic mass is 35.5. The van der Waals surface area contributed by atoms with Gasteiger partial charge in [-0.2, -0.15) is 0 Å². The van der Waals surface area contributed by atoms with Gasteiger partial charge in [-0.25, -0.2) is 14.4 Å². The van der Waals surface area contributed by atoms with Gasteiger partial charge in [-0.05, 0) is 6.07 Å². The van der Waals surface area contributed by atoms with Crippen LogP contribution < -0.4 is 5.32 Å². The maximum absolute atomic E-state index is 13.3. The number of nitrogens with zero attached hydrogens (tertiary/aromatic N) is 2. The summed E-state index contributed by atoms with van der Waals surface area (Å²) in [5.74, 6) is 0.197. The molecule has 16 heavy (non-hydrogen) atoms. The van der Waals surface area contributed by atoms with Crippen LogP contribution in [-0.2, 0) is 6.54 Å². The van der Waals surface area contributed by atoms with Gasteiger partial charge in [-0.15, -0.1) is 0 Å². The molecule has 0 saturated carbocycles. The predicted molar refractivity (Wildman–Crippen MR) is 60.8 cm³/mol. The molecule has 0 atom stereocenters. The van der Waals surface area contributed by atoms with E-state index >= 15 is 0 Å². The van der Waals surface area contributed by atoms with Gasteiger partial charge in [-0.3, -0.25) is 0 Å². The van der Waals surface area contributed by atoms with Crippen LogP contribution in [0.4, 0.5) is 10.2 Å². The monoisotopic (exact) mass is 237 g/mol. The molecule has 0 aliphatic heterocycles. The van der Waals surface area contributed by atoms with Crippen molar-refractivity contribution in [2.24, 2.45) is 0 Å². The van der Waals surface area contributed by atoms with Gasteiger partial charge in [-0.1, -0.05) is 29.8 Å². The molecular weight excluding hydrogens is 229 g/mol. The predicted octanol–water partition coefficient (Wildman–Crippen LogP) is 2.88. The lowest BCUT2D eigenvalue weighted by Gasteiger charge is -2.06. The minimum absolute atomic E-state index is 0.255. The highest BCUT2D eigenvalue weighted by Crippen LogP contribution is 2.16. The van der Waals surface area contributed by atoms with Gasteiger partial charge in [0, 0.05) is 24.5 Å². The lowest BCUT2D eigenvalue weighted by atomic mass is 10.2. The lowest BCUT2D eigenvalue weighted by molar-refractivity contribution is 0.613. The quantitative estimate of drug-likeness (QED) is 0.892. The van der Waals surface area contributed by atoms with Gasteiger partial charge < -0.3 is 5.32 Å². The van der Waals surface area contributed by atoms with Crippen molar-refractivity contribution < 1.29 is 4.39 Å². The molecule has 2 aromatic rings. The highest BCUT2D eigenvalue weighted by molar-refractivity contribution is 6.31. The minimum atomic E-state index is -0.255. The number of rotatable bonds is 3. The minimum Gasteiger partial charge on any atom is -0.363 e. The molecule has 0 unspecified atom stereocenters. The van der Waals surface area contributed by atoms with Crippen molar-refractivity contribution in [1.82, 2.24) is 9.97 Å². The Morgan fingerprint density at radius 2 is 1.94 bits per heavy atom. The second-order valence-corrected chi connectivity index (χ2v) is 3.50. The Morgan fingerprint density at radius 3 is 2.69 bits per heavy atom. The average molecular weight is 238 g/mol. The van der Waals surface area contributed by atoms with E-state index in [0.717, 1.165) is 0 Å². The second-order valence-electron chi connectivity index (χ2n) is 3.14. The van der Waals surface area contributed by atoms with E-state index in [2.05, 4.69) is 15.3 Å². The molecule has 0 saturated heterocycles. The summed E-state index contributed by atoms with van der Waals surface area (Å²) in [6.45, 7) is 0.324. The van der Waals surface area contributed by atoms with E-state index in [-0.39, 0.29) is 11.0 Å². The Labute approximate surface area is 97.3 Å². The van der Waals surface area contributed by atoms with Crippen molar-refractivity contribution in [1.29, 1.82) is 0 Å². The van der Waals surface area contributed by atoms with Gasteiger partial charge in [0.05, 0.1) is 0 Å². The van der Waals surface area contributed by atoms with Crippen LogP contribution in [0.15, 0.2) is 36.7 Å². The topological polar surface area (TPSA) is 37.8 Å². The molecule has 0 spiro atoms. The lowest BCUT2D eigenvalue weighted by Crippen LogP contribution is -2.04. The largest absolute Gasteiger partial charge is 0.363 e. The molecule has 0 fully saturated rings. The van der Waals surface area contributed by atoms with Gasteiger partial charge >= 0.3 is 0 Å². The first kappa shape index (κ1) is 10.8. The smallest absolute Gasteiger partial charge is 0.171 e. The average Bonchev–Trinajstić information content (AvgIpc) is 2.30. The Hall–Kier alpha value is -1.68. The van der Waals surface area contributed by atoms with Crippen LogP contribution in [0.25, 0.3) is 0 Å². The SMILES string of the molecule is Fc1ccccc1CNc1nccnc1Cl. The molecule has 0 aliphatic carbocycles. The van der Waals surface area contributed by atoms with Crippen LogP contribution in [0.3, 0.4) is 0 Å². The van der Waals surface area contributed by atoms with E-state index in [1.807, 2.05) is 0 Å². The molecule has 2 rings (SSSR count). The first-order valence-electron chi connectivity index (χ1n) is 4.71. The van der Waals surface area contributed by atoms with Crippen LogP contribution in [-0.4, -0.2) is 9.97 Å². The van der Waals surface area contributed by atoms with Crippen molar-refractivity contribution in [3.05, 3.63) is 53.2 Å². The summed E-state index contributed by atoms with van der Waals surface area (Å²) < 4.78 is 13.3. The zero-order chi connectivity index (χ0) is 11.4. The van der Waals surface area contributed by atoms with Crippen LogP contribution >= 0.6 is 11.6 Å². The van der Waals surface area contributed by atoms with Crippen LogP contribution in [0.5, 0.6) is 0 Å². The van der Waals surface area contributed by atoms with Crippen LogP contribution in [0, 0.1) is 5.82 Å². The molecule has 1 N–H and O–H groups in total. The standard InChI is InChI=1S/C11H9ClFN3/c12-10-11(15-6-5-14-10)16-7-8-3-1-2-4-9(8)13/h1-6H,7H2,(H,15,16). The summed E-state index contributed by atoms with van der Waals surface area (Å²) in [4.78, 5) is 7.86. The summed E-state index contributed by atoms with van der Waals surface area (Å²) >= 11 is 5.80. The van der Waals surface area contributed by atoms with Gasteiger partial charge in [0.15, 0.2) is 11.0 Å². The Balaban J connectivity index is 2.09. The number of halogens is 2. The molecular formula is C11H9ClFN3. The van der Waals surface area contributed by atoms with E-state index in [1.54, 1.807) is 18.2 Å². The van der Waals surface area contributed by atoms with Gasteiger partial charge in [0.1, 0.15) is 5.82 Å². The van der Waals surface area contributed by atoms with Gasteiger partial charge in [0.2, 0.25) is 0 Å². The first-order valence-corrected chi connectivity index (χ1v) is 5.09. The number of hydrogen-bond acceptors (Lipinski definition) is 3. The summed E-state index contributed by atoms with van der Waals surface area (Å²) in [6, 6.07) is 6.54. The Bertz CT molecular complexity index is 445. The van der Waals surface area contributed by atoms with Crippen molar-refractivity contribution in [3.63, 3.8) is 0 Å². The fourth-order valence-corrected chi connectivity index (χ4v) is 1.43. The molecule has 82 valence electrons. The summed E-state index contributed by atoms with van der Waals surface area (Å²) in [5.41, 5.74) is 0.559. The normalized spacial score (nSPS) is 10.1. The number of aromatic nitrogens is 2. The molecule has 1 aromatic heterocycles. The zero-order valence-corrected chi connectivity index (χ0v) is 9.08. The van der Waals surface area contributed by atoms with E-state index in [0.29, 0.717) is 17.9 Å². The molecule has 5 heteroatoms. The molecule has 3 nitrogen and oxygen atoms in total. The third kappa shape index (κ3) is 2.46. The summed E-state index contributed by atoms with van der Waals surface area (Å²) in [7, 11) is 0. The molecule has 0 amide bonds. The van der Waals surface area contributed by atoms with E-state index in [9.17, 15) is 4.39 Å². The third-order valence-corrected chi connectivity index (χ3v) is 2.33. The van der Waals surface area contributed by atoms with Crippen molar-refractivity contribution in [2.75, 3.05) is 5.32 Å². The van der Waals surface area contributed by atoms with Crippen molar-refractivity contribution in [3.8, 4) is 0 Å². The fraction of sp³-hybridized carbons (Fsp3) is 0.0909. The Kier molecular flexibility index (Phi) is 3.31. The molecule has 1 aromatic carbocycles. The summed E-state index contributed by atoms with van der Waals surface area (Å²) in [6.07, 6.45) is 3.02. The fourth-order valence-electron chi connectivity index (χ4n) is 1.26. The van der Waals surface area contributed by atoms with Crippen LogP contribution in [0.1, 0.15) is 5.56 Å². The number of hydrogen-bond donors (Lipinski definition) is 1. The van der Waals surface area contributed by atoms with E-state index < -0.39 is 0 Å². The molecule has 0 radical (unpaired) electrons.